The van der Waals surface area contributed by atoms with Gasteiger partial charge >= 0.3 is 0 Å². The van der Waals surface area contributed by atoms with Crippen molar-refractivity contribution in [3.63, 3.8) is 0 Å². The number of nitrogens with one attached hydrogen (secondary N) is 1. The predicted molar refractivity (Wildman–Crippen MR) is 62.5 cm³/mol. The highest BCUT2D eigenvalue weighted by Gasteiger charge is 2.27. The fourth-order valence-electron chi connectivity index (χ4n) is 1.53. The maximum Gasteiger partial charge on any atom is 0.223 e. The maximum atomic E-state index is 11.6. The summed E-state index contributed by atoms with van der Waals surface area (Å²) in [5.74, 6) is 1.47. The van der Waals surface area contributed by atoms with Crippen molar-refractivity contribution >= 4 is 21.8 Å². The number of halogens is 1. The summed E-state index contributed by atoms with van der Waals surface area (Å²) in [4.78, 5) is 12.3. The van der Waals surface area contributed by atoms with Crippen LogP contribution in [0.5, 0.6) is 0 Å². The number of carbonyl (C=O) groups excluding carboxylic acids is 1. The van der Waals surface area contributed by atoms with Crippen LogP contribution >= 0.6 is 15.9 Å². The summed E-state index contributed by atoms with van der Waals surface area (Å²) in [6, 6.07) is 0. The lowest BCUT2D eigenvalue weighted by Crippen LogP contribution is -2.39. The highest BCUT2D eigenvalue weighted by molar-refractivity contribution is 9.09. The second-order valence-electron chi connectivity index (χ2n) is 4.71. The smallest absolute Gasteiger partial charge is 0.223 e. The minimum atomic E-state index is 0.134. The first kappa shape index (κ1) is 12.0. The number of rotatable bonds is 4. The summed E-state index contributed by atoms with van der Waals surface area (Å²) in [7, 11) is 0. The van der Waals surface area contributed by atoms with Gasteiger partial charge in [0.1, 0.15) is 0 Å². The normalized spacial score (nSPS) is 28.4. The first-order valence-corrected chi connectivity index (χ1v) is 6.34. The minimum absolute atomic E-state index is 0.134. The molecule has 1 N–H and O–H groups in total. The van der Waals surface area contributed by atoms with Crippen LogP contribution < -0.4 is 5.32 Å². The molecule has 0 aromatic heterocycles. The molecule has 0 aliphatic heterocycles. The van der Waals surface area contributed by atoms with Gasteiger partial charge < -0.3 is 5.32 Å². The van der Waals surface area contributed by atoms with E-state index in [0.717, 1.165) is 6.54 Å². The maximum absolute atomic E-state index is 11.6. The molecule has 0 aromatic rings. The third-order valence-corrected chi connectivity index (χ3v) is 3.90. The Bertz CT molecular complexity index is 199. The molecule has 82 valence electrons. The molecule has 0 bridgehead atoms. The molecule has 0 radical (unpaired) electrons. The largest absolute Gasteiger partial charge is 0.356 e. The Morgan fingerprint density at radius 2 is 2.00 bits per heavy atom. The lowest BCUT2D eigenvalue weighted by atomic mass is 9.85. The summed E-state index contributed by atoms with van der Waals surface area (Å²) < 4.78 is 0. The summed E-state index contributed by atoms with van der Waals surface area (Å²) in [5, 5.41) is 3.03. The monoisotopic (exact) mass is 261 g/mol. The van der Waals surface area contributed by atoms with Crippen molar-refractivity contribution in [2.45, 2.75) is 38.4 Å². The van der Waals surface area contributed by atoms with Gasteiger partial charge in [0.2, 0.25) is 5.91 Å². The van der Waals surface area contributed by atoms with E-state index in [2.05, 4.69) is 35.1 Å². The molecule has 1 aliphatic carbocycles. The quantitative estimate of drug-likeness (QED) is 0.775. The molecule has 1 aliphatic rings. The molecule has 1 unspecified atom stereocenters. The van der Waals surface area contributed by atoms with Gasteiger partial charge in [-0.15, -0.1) is 0 Å². The van der Waals surface area contributed by atoms with E-state index in [1.165, 1.54) is 12.8 Å². The standard InChI is InChI=1S/C11H20BrNO/c1-7(2)8(3)11(14)13-6-9-4-10(12)5-9/h7-10H,4-6H2,1-3H3,(H,13,14). The average molecular weight is 262 g/mol. The molecular weight excluding hydrogens is 242 g/mol. The fourth-order valence-corrected chi connectivity index (χ4v) is 2.59. The molecule has 0 heterocycles. The lowest BCUT2D eigenvalue weighted by molar-refractivity contribution is -0.126. The van der Waals surface area contributed by atoms with Crippen LogP contribution in [0.2, 0.25) is 0 Å². The highest BCUT2D eigenvalue weighted by atomic mass is 79.9. The van der Waals surface area contributed by atoms with E-state index >= 15 is 0 Å². The van der Waals surface area contributed by atoms with Gasteiger partial charge in [-0.3, -0.25) is 4.79 Å². The number of hydrogen-bond acceptors (Lipinski definition) is 1. The van der Waals surface area contributed by atoms with Gasteiger partial charge in [-0.25, -0.2) is 0 Å². The number of alkyl halides is 1. The Labute approximate surface area is 95.0 Å². The Morgan fingerprint density at radius 3 is 2.43 bits per heavy atom. The van der Waals surface area contributed by atoms with Gasteiger partial charge in [-0.2, -0.15) is 0 Å². The van der Waals surface area contributed by atoms with Crippen molar-refractivity contribution in [1.82, 2.24) is 5.32 Å². The highest BCUT2D eigenvalue weighted by Crippen LogP contribution is 2.32. The van der Waals surface area contributed by atoms with E-state index in [9.17, 15) is 4.79 Å². The predicted octanol–water partition coefficient (Wildman–Crippen LogP) is 2.57. The molecule has 0 saturated heterocycles. The Balaban J connectivity index is 2.15. The summed E-state index contributed by atoms with van der Waals surface area (Å²) in [5.41, 5.74) is 0. The molecule has 1 amide bonds. The van der Waals surface area contributed by atoms with E-state index in [-0.39, 0.29) is 11.8 Å². The zero-order chi connectivity index (χ0) is 10.7. The van der Waals surface area contributed by atoms with Gasteiger partial charge in [0.25, 0.3) is 0 Å². The molecule has 14 heavy (non-hydrogen) atoms. The van der Waals surface area contributed by atoms with Gasteiger partial charge in [0, 0.05) is 17.3 Å². The minimum Gasteiger partial charge on any atom is -0.356 e. The molecule has 1 atom stereocenters. The zero-order valence-corrected chi connectivity index (χ0v) is 10.8. The molecule has 1 rings (SSSR count). The molecule has 1 saturated carbocycles. The van der Waals surface area contributed by atoms with E-state index < -0.39 is 0 Å². The van der Waals surface area contributed by atoms with Crippen molar-refractivity contribution in [3.8, 4) is 0 Å². The van der Waals surface area contributed by atoms with Crippen LogP contribution in [0.3, 0.4) is 0 Å². The first-order valence-electron chi connectivity index (χ1n) is 5.42. The first-order chi connectivity index (χ1) is 6.50. The second-order valence-corrected chi connectivity index (χ2v) is 6.01. The van der Waals surface area contributed by atoms with Gasteiger partial charge in [0.05, 0.1) is 0 Å². The fraction of sp³-hybridized carbons (Fsp3) is 0.909. The lowest BCUT2D eigenvalue weighted by Gasteiger charge is -2.31. The summed E-state index contributed by atoms with van der Waals surface area (Å²) in [6.07, 6.45) is 2.41. The van der Waals surface area contributed by atoms with Crippen molar-refractivity contribution in [3.05, 3.63) is 0 Å². The zero-order valence-electron chi connectivity index (χ0n) is 9.22. The van der Waals surface area contributed by atoms with Crippen LogP contribution in [0.25, 0.3) is 0 Å². The van der Waals surface area contributed by atoms with Crippen molar-refractivity contribution < 1.29 is 4.79 Å². The van der Waals surface area contributed by atoms with Gasteiger partial charge in [0.15, 0.2) is 0 Å². The van der Waals surface area contributed by atoms with Crippen LogP contribution in [-0.2, 0) is 4.79 Å². The Morgan fingerprint density at radius 1 is 1.43 bits per heavy atom. The van der Waals surface area contributed by atoms with Crippen molar-refractivity contribution in [1.29, 1.82) is 0 Å². The van der Waals surface area contributed by atoms with E-state index in [0.29, 0.717) is 16.7 Å². The molecular formula is C11H20BrNO. The van der Waals surface area contributed by atoms with Crippen LogP contribution in [0.15, 0.2) is 0 Å². The summed E-state index contributed by atoms with van der Waals surface area (Å²) in [6.45, 7) is 7.02. The second kappa shape index (κ2) is 5.15. The van der Waals surface area contributed by atoms with E-state index in [1.807, 2.05) is 6.92 Å². The molecule has 0 aromatic carbocycles. The molecule has 2 nitrogen and oxygen atoms in total. The van der Waals surface area contributed by atoms with Crippen molar-refractivity contribution in [2.24, 2.45) is 17.8 Å². The topological polar surface area (TPSA) is 29.1 Å². The Kier molecular flexibility index (Phi) is 4.42. The van der Waals surface area contributed by atoms with E-state index in [1.54, 1.807) is 0 Å². The van der Waals surface area contributed by atoms with Crippen LogP contribution in [0, 0.1) is 17.8 Å². The SMILES string of the molecule is CC(C)C(C)C(=O)NCC1CC(Br)C1. The van der Waals surface area contributed by atoms with Crippen LogP contribution in [-0.4, -0.2) is 17.3 Å². The Hall–Kier alpha value is -0.0500. The molecule has 3 heteroatoms. The molecule has 1 fully saturated rings. The number of hydrogen-bond donors (Lipinski definition) is 1. The van der Waals surface area contributed by atoms with E-state index in [4.69, 9.17) is 0 Å². The third kappa shape index (κ3) is 3.26. The van der Waals surface area contributed by atoms with Crippen molar-refractivity contribution in [2.75, 3.05) is 6.54 Å². The van der Waals surface area contributed by atoms with Crippen LogP contribution in [0.4, 0.5) is 0 Å². The number of carbonyl (C=O) groups is 1. The number of amides is 1. The summed E-state index contributed by atoms with van der Waals surface area (Å²) >= 11 is 3.55. The molecule has 0 spiro atoms. The van der Waals surface area contributed by atoms with Crippen LogP contribution in [0.1, 0.15) is 33.6 Å². The average Bonchev–Trinajstić information content (AvgIpc) is 2.08. The van der Waals surface area contributed by atoms with Gasteiger partial charge in [-0.1, -0.05) is 36.7 Å². The third-order valence-electron chi connectivity index (χ3n) is 3.16. The van der Waals surface area contributed by atoms with Gasteiger partial charge in [-0.05, 0) is 24.7 Å².